The molecule has 0 radical (unpaired) electrons. The first-order valence-electron chi connectivity index (χ1n) is 5.27. The number of hydrogen-bond donors (Lipinski definition) is 1. The SMILES string of the molecule is CCc1nc(-c2ncccn2)nc(NC)c1I. The van der Waals surface area contributed by atoms with Crippen LogP contribution in [0.2, 0.25) is 0 Å². The molecular formula is C11H12IN5. The van der Waals surface area contributed by atoms with Crippen LogP contribution in [0.1, 0.15) is 12.6 Å². The lowest BCUT2D eigenvalue weighted by Crippen LogP contribution is -2.06. The number of nitrogens with one attached hydrogen (secondary N) is 1. The van der Waals surface area contributed by atoms with Crippen LogP contribution >= 0.6 is 22.6 Å². The monoisotopic (exact) mass is 341 g/mol. The van der Waals surface area contributed by atoms with Crippen LogP contribution in [0.5, 0.6) is 0 Å². The normalized spacial score (nSPS) is 10.3. The second-order valence-corrected chi connectivity index (χ2v) is 4.41. The fraction of sp³-hybridized carbons (Fsp3) is 0.273. The minimum Gasteiger partial charge on any atom is -0.372 e. The Hall–Kier alpha value is -1.31. The van der Waals surface area contributed by atoms with Gasteiger partial charge in [0.25, 0.3) is 0 Å². The minimum atomic E-state index is 0.551. The van der Waals surface area contributed by atoms with Crippen LogP contribution in [0, 0.1) is 3.57 Å². The number of anilines is 1. The molecule has 0 aliphatic carbocycles. The maximum absolute atomic E-state index is 4.49. The largest absolute Gasteiger partial charge is 0.372 e. The predicted molar refractivity (Wildman–Crippen MR) is 74.7 cm³/mol. The second-order valence-electron chi connectivity index (χ2n) is 3.33. The first-order chi connectivity index (χ1) is 8.26. The minimum absolute atomic E-state index is 0.551. The van der Waals surface area contributed by atoms with Gasteiger partial charge in [-0.2, -0.15) is 0 Å². The quantitative estimate of drug-likeness (QED) is 0.867. The van der Waals surface area contributed by atoms with Crippen molar-refractivity contribution >= 4 is 28.4 Å². The average molecular weight is 341 g/mol. The molecule has 0 bridgehead atoms. The van der Waals surface area contributed by atoms with Crippen molar-refractivity contribution in [3.63, 3.8) is 0 Å². The zero-order chi connectivity index (χ0) is 12.3. The number of halogens is 1. The van der Waals surface area contributed by atoms with Gasteiger partial charge in [-0.1, -0.05) is 6.92 Å². The van der Waals surface area contributed by atoms with Crippen molar-refractivity contribution in [3.05, 3.63) is 27.7 Å². The van der Waals surface area contributed by atoms with Gasteiger partial charge in [0.05, 0.1) is 9.26 Å². The van der Waals surface area contributed by atoms with Gasteiger partial charge in [-0.05, 0) is 35.1 Å². The van der Waals surface area contributed by atoms with E-state index in [4.69, 9.17) is 0 Å². The van der Waals surface area contributed by atoms with Crippen molar-refractivity contribution in [2.24, 2.45) is 0 Å². The van der Waals surface area contributed by atoms with Gasteiger partial charge in [-0.15, -0.1) is 0 Å². The van der Waals surface area contributed by atoms with E-state index in [1.54, 1.807) is 18.5 Å². The van der Waals surface area contributed by atoms with Gasteiger partial charge in [-0.25, -0.2) is 19.9 Å². The van der Waals surface area contributed by atoms with Gasteiger partial charge >= 0.3 is 0 Å². The Labute approximate surface area is 113 Å². The molecule has 2 aromatic rings. The van der Waals surface area contributed by atoms with Crippen LogP contribution in [-0.4, -0.2) is 27.0 Å². The predicted octanol–water partition coefficient (Wildman–Crippen LogP) is 2.14. The zero-order valence-corrected chi connectivity index (χ0v) is 11.8. The molecule has 2 heterocycles. The van der Waals surface area contributed by atoms with Crippen LogP contribution in [0.3, 0.4) is 0 Å². The van der Waals surface area contributed by atoms with E-state index < -0.39 is 0 Å². The van der Waals surface area contributed by atoms with E-state index in [9.17, 15) is 0 Å². The van der Waals surface area contributed by atoms with Gasteiger partial charge in [0, 0.05) is 19.4 Å². The van der Waals surface area contributed by atoms with Crippen molar-refractivity contribution in [1.29, 1.82) is 0 Å². The van der Waals surface area contributed by atoms with Crippen molar-refractivity contribution in [2.75, 3.05) is 12.4 Å². The molecule has 2 aromatic heterocycles. The third kappa shape index (κ3) is 2.51. The van der Waals surface area contributed by atoms with Crippen molar-refractivity contribution in [3.8, 4) is 11.6 Å². The van der Waals surface area contributed by atoms with Crippen LogP contribution in [0.25, 0.3) is 11.6 Å². The summed E-state index contributed by atoms with van der Waals surface area (Å²) < 4.78 is 1.05. The summed E-state index contributed by atoms with van der Waals surface area (Å²) >= 11 is 2.25. The summed E-state index contributed by atoms with van der Waals surface area (Å²) in [5.74, 6) is 1.93. The van der Waals surface area contributed by atoms with E-state index in [-0.39, 0.29) is 0 Å². The maximum atomic E-state index is 4.49. The van der Waals surface area contributed by atoms with Gasteiger partial charge in [-0.3, -0.25) is 0 Å². The summed E-state index contributed by atoms with van der Waals surface area (Å²) in [7, 11) is 1.85. The van der Waals surface area contributed by atoms with Gasteiger partial charge in [0.2, 0.25) is 0 Å². The van der Waals surface area contributed by atoms with Crippen LogP contribution in [0.15, 0.2) is 18.5 Å². The molecule has 2 rings (SSSR count). The molecule has 0 spiro atoms. The molecule has 0 saturated carbocycles. The fourth-order valence-corrected chi connectivity index (χ4v) is 2.30. The first-order valence-corrected chi connectivity index (χ1v) is 6.35. The van der Waals surface area contributed by atoms with Crippen LogP contribution < -0.4 is 5.32 Å². The molecule has 0 fully saturated rings. The third-order valence-corrected chi connectivity index (χ3v) is 3.39. The Morgan fingerprint density at radius 1 is 1.18 bits per heavy atom. The highest BCUT2D eigenvalue weighted by Gasteiger charge is 2.12. The van der Waals surface area contributed by atoms with Crippen molar-refractivity contribution < 1.29 is 0 Å². The van der Waals surface area contributed by atoms with E-state index in [1.165, 1.54) is 0 Å². The van der Waals surface area contributed by atoms with Crippen molar-refractivity contribution in [1.82, 2.24) is 19.9 Å². The molecule has 6 heteroatoms. The molecule has 0 aromatic carbocycles. The lowest BCUT2D eigenvalue weighted by atomic mass is 10.3. The highest BCUT2D eigenvalue weighted by molar-refractivity contribution is 14.1. The summed E-state index contributed by atoms with van der Waals surface area (Å²) in [4.78, 5) is 17.2. The number of rotatable bonds is 3. The van der Waals surface area contributed by atoms with Crippen molar-refractivity contribution in [2.45, 2.75) is 13.3 Å². The maximum Gasteiger partial charge on any atom is 0.200 e. The Kier molecular flexibility index (Phi) is 3.82. The number of nitrogens with zero attached hydrogens (tertiary/aromatic N) is 4. The summed E-state index contributed by atoms with van der Waals surface area (Å²) in [6, 6.07) is 1.77. The highest BCUT2D eigenvalue weighted by atomic mass is 127. The van der Waals surface area contributed by atoms with E-state index in [1.807, 2.05) is 7.05 Å². The topological polar surface area (TPSA) is 63.6 Å². The van der Waals surface area contributed by atoms with E-state index >= 15 is 0 Å². The molecule has 0 aliphatic rings. The van der Waals surface area contributed by atoms with Gasteiger partial charge in [0.1, 0.15) is 5.82 Å². The number of aromatic nitrogens is 4. The summed E-state index contributed by atoms with van der Waals surface area (Å²) in [5.41, 5.74) is 1.01. The summed E-state index contributed by atoms with van der Waals surface area (Å²) in [6.07, 6.45) is 4.23. The van der Waals surface area contributed by atoms with E-state index in [0.717, 1.165) is 21.5 Å². The molecule has 0 atom stereocenters. The Bertz CT molecular complexity index is 490. The number of aryl methyl sites for hydroxylation is 1. The molecular weight excluding hydrogens is 329 g/mol. The smallest absolute Gasteiger partial charge is 0.200 e. The molecule has 17 heavy (non-hydrogen) atoms. The molecule has 5 nitrogen and oxygen atoms in total. The van der Waals surface area contributed by atoms with Crippen LogP contribution in [-0.2, 0) is 6.42 Å². The van der Waals surface area contributed by atoms with E-state index in [0.29, 0.717) is 11.6 Å². The first kappa shape index (κ1) is 12.2. The highest BCUT2D eigenvalue weighted by Crippen LogP contribution is 2.22. The standard InChI is InChI=1S/C11H12IN5/c1-3-7-8(12)9(13-2)17-11(16-7)10-14-5-4-6-15-10/h4-6H,3H2,1-2H3,(H,13,16,17). The fourth-order valence-electron chi connectivity index (χ4n) is 1.41. The lowest BCUT2D eigenvalue weighted by Gasteiger charge is -2.08. The Morgan fingerprint density at radius 2 is 1.88 bits per heavy atom. The lowest BCUT2D eigenvalue weighted by molar-refractivity contribution is 0.971. The summed E-state index contributed by atoms with van der Waals surface area (Å²) in [5, 5.41) is 3.07. The second kappa shape index (κ2) is 5.35. The molecule has 88 valence electrons. The molecule has 0 saturated heterocycles. The molecule has 0 aliphatic heterocycles. The summed E-state index contributed by atoms with van der Waals surface area (Å²) in [6.45, 7) is 2.07. The van der Waals surface area contributed by atoms with Gasteiger partial charge < -0.3 is 5.32 Å². The Morgan fingerprint density at radius 3 is 2.47 bits per heavy atom. The average Bonchev–Trinajstić information content (AvgIpc) is 2.40. The molecule has 1 N–H and O–H groups in total. The Balaban J connectivity index is 2.56. The molecule has 0 unspecified atom stereocenters. The van der Waals surface area contributed by atoms with Gasteiger partial charge in [0.15, 0.2) is 11.6 Å². The molecule has 0 amide bonds. The third-order valence-electron chi connectivity index (χ3n) is 2.26. The van der Waals surface area contributed by atoms with Crippen LogP contribution in [0.4, 0.5) is 5.82 Å². The zero-order valence-electron chi connectivity index (χ0n) is 9.61. The van der Waals surface area contributed by atoms with E-state index in [2.05, 4.69) is 54.8 Å². The number of hydrogen-bond acceptors (Lipinski definition) is 5.